The van der Waals surface area contributed by atoms with E-state index in [1.165, 1.54) is 4.90 Å². The van der Waals surface area contributed by atoms with Gasteiger partial charge in [0.15, 0.2) is 0 Å². The van der Waals surface area contributed by atoms with Crippen LogP contribution in [0.2, 0.25) is 5.15 Å². The molecule has 0 bridgehead atoms. The highest BCUT2D eigenvalue weighted by Crippen LogP contribution is 2.28. The predicted molar refractivity (Wildman–Crippen MR) is 122 cm³/mol. The SMILES string of the molecule is O=C(NC1Cc2ccccc2N(CC(=O)N2CC[C@@H](O)C2)C1=O)c1cc2cc(Cl)ncc2[nH]1. The summed E-state index contributed by atoms with van der Waals surface area (Å²) in [6.45, 7) is 0.580. The molecule has 3 aromatic rings. The predicted octanol–water partition coefficient (Wildman–Crippen LogP) is 1.50. The summed E-state index contributed by atoms with van der Waals surface area (Å²) < 4.78 is 0. The van der Waals surface area contributed by atoms with Gasteiger partial charge in [-0.2, -0.15) is 0 Å². The van der Waals surface area contributed by atoms with Gasteiger partial charge in [-0.15, -0.1) is 0 Å². The average molecular weight is 468 g/mol. The number of H-pyrrole nitrogens is 1. The Morgan fingerprint density at radius 1 is 1.27 bits per heavy atom. The number of halogens is 1. The average Bonchev–Trinajstić information content (AvgIpc) is 3.42. The minimum Gasteiger partial charge on any atom is -0.391 e. The summed E-state index contributed by atoms with van der Waals surface area (Å²) in [5.41, 5.74) is 2.47. The smallest absolute Gasteiger partial charge is 0.268 e. The largest absolute Gasteiger partial charge is 0.391 e. The number of aromatic nitrogens is 2. The molecule has 3 amide bonds. The van der Waals surface area contributed by atoms with Crippen molar-refractivity contribution < 1.29 is 19.5 Å². The number of likely N-dealkylation sites (tertiary alicyclic amines) is 1. The monoisotopic (exact) mass is 467 g/mol. The third-order valence-electron chi connectivity index (χ3n) is 6.10. The van der Waals surface area contributed by atoms with E-state index in [1.54, 1.807) is 29.3 Å². The Bertz CT molecular complexity index is 1260. The maximum Gasteiger partial charge on any atom is 0.268 e. The summed E-state index contributed by atoms with van der Waals surface area (Å²) in [6.07, 6.45) is 1.85. The Morgan fingerprint density at radius 2 is 2.09 bits per heavy atom. The molecule has 4 heterocycles. The molecule has 9 nitrogen and oxygen atoms in total. The number of hydrogen-bond acceptors (Lipinski definition) is 5. The number of β-amino-alcohol motifs (C(OH)–C–C–N with tert-alkyl or cyclic N) is 1. The maximum absolute atomic E-state index is 13.3. The number of pyridine rings is 1. The van der Waals surface area contributed by atoms with Crippen LogP contribution in [0.4, 0.5) is 5.69 Å². The Kier molecular flexibility index (Phi) is 5.51. The van der Waals surface area contributed by atoms with Crippen molar-refractivity contribution in [1.29, 1.82) is 0 Å². The first kappa shape index (κ1) is 21.4. The number of para-hydroxylation sites is 1. The van der Waals surface area contributed by atoms with Crippen molar-refractivity contribution in [3.05, 3.63) is 59.0 Å². The van der Waals surface area contributed by atoms with E-state index in [0.717, 1.165) is 10.9 Å². The van der Waals surface area contributed by atoms with E-state index in [2.05, 4.69) is 15.3 Å². The van der Waals surface area contributed by atoms with Crippen LogP contribution in [-0.4, -0.2) is 69.5 Å². The molecule has 0 aliphatic carbocycles. The molecular weight excluding hydrogens is 446 g/mol. The van der Waals surface area contributed by atoms with Crippen molar-refractivity contribution in [2.24, 2.45) is 0 Å². The van der Waals surface area contributed by atoms with Crippen LogP contribution in [0.25, 0.3) is 10.9 Å². The lowest BCUT2D eigenvalue weighted by Crippen LogP contribution is -2.55. The van der Waals surface area contributed by atoms with Gasteiger partial charge in [0.05, 0.1) is 17.8 Å². The minimum absolute atomic E-state index is 0.147. The number of nitrogens with one attached hydrogen (secondary N) is 2. The molecule has 1 saturated heterocycles. The number of aliphatic hydroxyl groups excluding tert-OH is 1. The fraction of sp³-hybridized carbons (Fsp3) is 0.304. The quantitative estimate of drug-likeness (QED) is 0.502. The van der Waals surface area contributed by atoms with Gasteiger partial charge in [0.1, 0.15) is 23.4 Å². The van der Waals surface area contributed by atoms with E-state index >= 15 is 0 Å². The first-order valence-electron chi connectivity index (χ1n) is 10.7. The van der Waals surface area contributed by atoms with Gasteiger partial charge in [0.25, 0.3) is 5.91 Å². The van der Waals surface area contributed by atoms with Crippen molar-refractivity contribution in [2.45, 2.75) is 25.0 Å². The highest BCUT2D eigenvalue weighted by molar-refractivity contribution is 6.30. The van der Waals surface area contributed by atoms with Crippen molar-refractivity contribution in [3.63, 3.8) is 0 Å². The van der Waals surface area contributed by atoms with Crippen LogP contribution in [0.3, 0.4) is 0 Å². The number of benzene rings is 1. The molecule has 3 N–H and O–H groups in total. The number of aromatic amines is 1. The molecule has 1 unspecified atom stereocenters. The second kappa shape index (κ2) is 8.49. The Morgan fingerprint density at radius 3 is 2.88 bits per heavy atom. The number of amides is 3. The lowest BCUT2D eigenvalue weighted by Gasteiger charge is -2.34. The maximum atomic E-state index is 13.3. The van der Waals surface area contributed by atoms with Crippen LogP contribution >= 0.6 is 11.6 Å². The molecule has 0 spiro atoms. The topological polar surface area (TPSA) is 119 Å². The number of nitrogens with zero attached hydrogens (tertiary/aromatic N) is 3. The first-order chi connectivity index (χ1) is 15.9. The molecule has 2 aliphatic rings. The highest BCUT2D eigenvalue weighted by Gasteiger charge is 2.36. The van der Waals surface area contributed by atoms with Crippen LogP contribution in [0.1, 0.15) is 22.5 Å². The van der Waals surface area contributed by atoms with Crippen LogP contribution < -0.4 is 10.2 Å². The fourth-order valence-electron chi connectivity index (χ4n) is 4.40. The van der Waals surface area contributed by atoms with Gasteiger partial charge in [0, 0.05) is 30.6 Å². The Balaban J connectivity index is 1.37. The number of fused-ring (bicyclic) bond motifs is 2. The molecule has 170 valence electrons. The molecule has 10 heteroatoms. The molecule has 5 rings (SSSR count). The summed E-state index contributed by atoms with van der Waals surface area (Å²) in [5, 5.41) is 13.6. The van der Waals surface area contributed by atoms with E-state index in [9.17, 15) is 19.5 Å². The molecule has 2 atom stereocenters. The molecular formula is C23H22ClN5O4. The van der Waals surface area contributed by atoms with Crippen molar-refractivity contribution in [1.82, 2.24) is 20.2 Å². The number of carbonyl (C=O) groups is 3. The van der Waals surface area contributed by atoms with Crippen molar-refractivity contribution >= 4 is 45.9 Å². The standard InChI is InChI=1S/C23H22ClN5O4/c24-20-9-14-8-16(26-18(14)10-25-20)22(32)27-17-7-13-3-1-2-4-19(13)29(23(17)33)12-21(31)28-6-5-15(30)11-28/h1-4,8-10,15,17,26,30H,5-7,11-12H2,(H,27,32)/t15-,17?/m1/s1. The lowest BCUT2D eigenvalue weighted by molar-refractivity contribution is -0.131. The second-order valence-corrected chi connectivity index (χ2v) is 8.73. The Hall–Kier alpha value is -3.43. The van der Waals surface area contributed by atoms with Gasteiger partial charge in [-0.3, -0.25) is 14.4 Å². The number of hydrogen-bond donors (Lipinski definition) is 3. The number of aliphatic hydroxyl groups is 1. The van der Waals surface area contributed by atoms with E-state index in [0.29, 0.717) is 35.7 Å². The van der Waals surface area contributed by atoms with Crippen molar-refractivity contribution in [3.8, 4) is 0 Å². The van der Waals surface area contributed by atoms with Gasteiger partial charge in [-0.05, 0) is 30.2 Å². The van der Waals surface area contributed by atoms with Crippen molar-refractivity contribution in [2.75, 3.05) is 24.5 Å². The number of carbonyl (C=O) groups excluding carboxylic acids is 3. The number of rotatable bonds is 4. The molecule has 0 saturated carbocycles. The van der Waals surface area contributed by atoms with E-state index in [1.807, 2.05) is 18.2 Å². The van der Waals surface area contributed by atoms with Gasteiger partial charge in [-0.25, -0.2) is 4.98 Å². The zero-order valence-corrected chi connectivity index (χ0v) is 18.4. The third kappa shape index (κ3) is 4.17. The van der Waals surface area contributed by atoms with Crippen LogP contribution in [0, 0.1) is 0 Å². The summed E-state index contributed by atoms with van der Waals surface area (Å²) in [7, 11) is 0. The number of anilines is 1. The van der Waals surface area contributed by atoms with Crippen LogP contribution in [-0.2, 0) is 16.0 Å². The third-order valence-corrected chi connectivity index (χ3v) is 6.31. The lowest BCUT2D eigenvalue weighted by atomic mass is 9.96. The van der Waals surface area contributed by atoms with Crippen LogP contribution in [0.5, 0.6) is 0 Å². The zero-order valence-electron chi connectivity index (χ0n) is 17.6. The zero-order chi connectivity index (χ0) is 23.1. The molecule has 0 radical (unpaired) electrons. The molecule has 1 fully saturated rings. The molecule has 33 heavy (non-hydrogen) atoms. The van der Waals surface area contributed by atoms with Gasteiger partial charge >= 0.3 is 0 Å². The summed E-state index contributed by atoms with van der Waals surface area (Å²) in [5.74, 6) is -1.02. The van der Waals surface area contributed by atoms with Gasteiger partial charge in [-0.1, -0.05) is 29.8 Å². The fourth-order valence-corrected chi connectivity index (χ4v) is 4.57. The molecule has 1 aromatic carbocycles. The first-order valence-corrected chi connectivity index (χ1v) is 11.1. The van der Waals surface area contributed by atoms with E-state index < -0.39 is 18.1 Å². The molecule has 2 aromatic heterocycles. The second-order valence-electron chi connectivity index (χ2n) is 8.34. The van der Waals surface area contributed by atoms with Gasteiger partial charge < -0.3 is 25.2 Å². The van der Waals surface area contributed by atoms with E-state index in [4.69, 9.17) is 11.6 Å². The van der Waals surface area contributed by atoms with Crippen LogP contribution in [0.15, 0.2) is 42.6 Å². The summed E-state index contributed by atoms with van der Waals surface area (Å²) in [4.78, 5) is 49.0. The molecule has 2 aliphatic heterocycles. The highest BCUT2D eigenvalue weighted by atomic mass is 35.5. The minimum atomic E-state index is -0.822. The van der Waals surface area contributed by atoms with E-state index in [-0.39, 0.29) is 30.6 Å². The summed E-state index contributed by atoms with van der Waals surface area (Å²) in [6, 6.07) is 9.83. The Labute approximate surface area is 194 Å². The normalized spacial score (nSPS) is 20.2. The summed E-state index contributed by atoms with van der Waals surface area (Å²) >= 11 is 5.92. The van der Waals surface area contributed by atoms with Gasteiger partial charge in [0.2, 0.25) is 11.8 Å².